The third-order valence-corrected chi connectivity index (χ3v) is 10.7. The lowest BCUT2D eigenvalue weighted by Crippen LogP contribution is -2.64. The summed E-state index contributed by atoms with van der Waals surface area (Å²) in [5, 5.41) is 0. The van der Waals surface area contributed by atoms with Gasteiger partial charge in [0.2, 0.25) is 0 Å². The highest BCUT2D eigenvalue weighted by molar-refractivity contribution is 5.41. The molecule has 2 bridgehead atoms. The van der Waals surface area contributed by atoms with E-state index in [4.69, 9.17) is 0 Å². The molecule has 1 heteroatoms. The van der Waals surface area contributed by atoms with E-state index in [-0.39, 0.29) is 0 Å². The van der Waals surface area contributed by atoms with Gasteiger partial charge in [0, 0.05) is 11.0 Å². The first-order chi connectivity index (χ1) is 17.2. The van der Waals surface area contributed by atoms with Crippen LogP contribution in [-0.2, 0) is 12.0 Å². The fourth-order valence-electron chi connectivity index (χ4n) is 8.23. The van der Waals surface area contributed by atoms with Crippen molar-refractivity contribution >= 4 is 0 Å². The maximum absolute atomic E-state index is 2.57. The van der Waals surface area contributed by atoms with E-state index in [1.807, 2.05) is 0 Å². The molecular weight excluding hydrogens is 434 g/mol. The van der Waals surface area contributed by atoms with E-state index < -0.39 is 0 Å². The van der Waals surface area contributed by atoms with Crippen molar-refractivity contribution in [3.05, 3.63) is 35.4 Å². The molecule has 3 fully saturated rings. The van der Waals surface area contributed by atoms with Gasteiger partial charge in [0.15, 0.2) is 0 Å². The van der Waals surface area contributed by atoms with Gasteiger partial charge in [0.05, 0.1) is 20.6 Å². The number of hydrogen-bond acceptors (Lipinski definition) is 0. The SMILES string of the molecule is CCCCCCCCCCCCCCCC[N+](C)(C)Cc1ccccc1C12CC(CCC1C)C2(C)C. The minimum Gasteiger partial charge on any atom is -0.325 e. The predicted octanol–water partition coefficient (Wildman–Crippen LogP) is 10.5. The Morgan fingerprint density at radius 2 is 1.28 bits per heavy atom. The first kappa shape index (κ1) is 29.7. The zero-order valence-electron chi connectivity index (χ0n) is 25.3. The van der Waals surface area contributed by atoms with Gasteiger partial charge in [0.25, 0.3) is 0 Å². The molecule has 3 saturated carbocycles. The lowest BCUT2D eigenvalue weighted by Gasteiger charge is -2.69. The van der Waals surface area contributed by atoms with Crippen LogP contribution >= 0.6 is 0 Å². The maximum Gasteiger partial charge on any atom is 0.104 e. The molecule has 0 aromatic heterocycles. The molecule has 0 saturated heterocycles. The molecule has 0 radical (unpaired) electrons. The molecule has 0 spiro atoms. The van der Waals surface area contributed by atoms with Crippen LogP contribution in [-0.4, -0.2) is 25.1 Å². The summed E-state index contributed by atoms with van der Waals surface area (Å²) in [6, 6.07) is 9.56. The van der Waals surface area contributed by atoms with Crippen molar-refractivity contribution in [2.24, 2.45) is 17.3 Å². The van der Waals surface area contributed by atoms with Gasteiger partial charge in [-0.2, -0.15) is 0 Å². The smallest absolute Gasteiger partial charge is 0.104 e. The van der Waals surface area contributed by atoms with Gasteiger partial charge < -0.3 is 4.48 Å². The van der Waals surface area contributed by atoms with Crippen molar-refractivity contribution < 1.29 is 4.48 Å². The number of hydrogen-bond donors (Lipinski definition) is 0. The zero-order valence-corrected chi connectivity index (χ0v) is 25.3. The summed E-state index contributed by atoms with van der Waals surface area (Å²) in [5.41, 5.74) is 4.19. The first-order valence-corrected chi connectivity index (χ1v) is 16.1. The molecule has 0 N–H and O–H groups in total. The summed E-state index contributed by atoms with van der Waals surface area (Å²) in [7, 11) is 4.94. The highest BCUT2D eigenvalue weighted by Crippen LogP contribution is 2.70. The zero-order chi connectivity index (χ0) is 26.1. The van der Waals surface area contributed by atoms with Crippen LogP contribution in [0.4, 0.5) is 0 Å². The Bertz CT molecular complexity index is 762. The van der Waals surface area contributed by atoms with E-state index in [0.717, 1.165) is 16.3 Å². The highest BCUT2D eigenvalue weighted by Gasteiger charge is 2.65. The van der Waals surface area contributed by atoms with Crippen molar-refractivity contribution in [1.29, 1.82) is 0 Å². The van der Waals surface area contributed by atoms with Crippen LogP contribution in [0, 0.1) is 17.3 Å². The van der Waals surface area contributed by atoms with Crippen LogP contribution in [0.15, 0.2) is 24.3 Å². The van der Waals surface area contributed by atoms with Gasteiger partial charge >= 0.3 is 0 Å². The molecule has 206 valence electrons. The second kappa shape index (κ2) is 13.8. The summed E-state index contributed by atoms with van der Waals surface area (Å²) in [5.74, 6) is 1.74. The van der Waals surface area contributed by atoms with E-state index in [9.17, 15) is 0 Å². The number of rotatable bonds is 18. The molecule has 1 aromatic carbocycles. The number of unbranched alkanes of at least 4 members (excludes halogenated alkanes) is 13. The molecule has 36 heavy (non-hydrogen) atoms. The molecule has 3 aliphatic rings. The summed E-state index contributed by atoms with van der Waals surface area (Å²) in [4.78, 5) is 0. The summed E-state index contributed by atoms with van der Waals surface area (Å²) in [6.07, 6.45) is 24.5. The van der Waals surface area contributed by atoms with E-state index in [1.54, 1.807) is 11.1 Å². The molecule has 4 rings (SSSR count). The van der Waals surface area contributed by atoms with Crippen molar-refractivity contribution in [1.82, 2.24) is 0 Å². The average Bonchev–Trinajstić information content (AvgIpc) is 2.84. The van der Waals surface area contributed by atoms with Gasteiger partial charge in [-0.3, -0.25) is 0 Å². The van der Waals surface area contributed by atoms with Gasteiger partial charge in [0.1, 0.15) is 6.54 Å². The van der Waals surface area contributed by atoms with E-state index in [2.05, 4.69) is 66.1 Å². The van der Waals surface area contributed by atoms with Gasteiger partial charge in [-0.15, -0.1) is 0 Å². The molecule has 1 aromatic rings. The van der Waals surface area contributed by atoms with Crippen molar-refractivity contribution in [2.45, 2.75) is 149 Å². The predicted molar refractivity (Wildman–Crippen MR) is 159 cm³/mol. The van der Waals surface area contributed by atoms with Crippen LogP contribution in [0.5, 0.6) is 0 Å². The standard InChI is InChI=1S/C35H62N/c1-7-8-9-10-11-12-13-14-15-16-17-18-19-22-27-36(5,6)29-31-23-20-21-24-33(31)35-28-32(34(35,3)4)26-25-30(35)2/h20-21,23-24,30,32H,7-19,22,25-29H2,1-6H3/q+1. The molecule has 3 atom stereocenters. The highest BCUT2D eigenvalue weighted by atomic mass is 15.3. The van der Waals surface area contributed by atoms with Crippen LogP contribution in [0.25, 0.3) is 0 Å². The third-order valence-electron chi connectivity index (χ3n) is 10.7. The van der Waals surface area contributed by atoms with Crippen molar-refractivity contribution in [3.8, 4) is 0 Å². The Morgan fingerprint density at radius 3 is 1.81 bits per heavy atom. The lowest BCUT2D eigenvalue weighted by atomic mass is 9.35. The van der Waals surface area contributed by atoms with Crippen molar-refractivity contribution in [3.63, 3.8) is 0 Å². The van der Waals surface area contributed by atoms with E-state index >= 15 is 0 Å². The Kier molecular flexibility index (Phi) is 11.4. The number of nitrogens with zero attached hydrogens (tertiary/aromatic N) is 1. The second-order valence-corrected chi connectivity index (χ2v) is 14.1. The Morgan fingerprint density at radius 1 is 0.750 bits per heavy atom. The van der Waals surface area contributed by atoms with Gasteiger partial charge in [-0.1, -0.05) is 129 Å². The lowest BCUT2D eigenvalue weighted by molar-refractivity contribution is -0.903. The number of quaternary nitrogens is 1. The Labute approximate surface area is 226 Å². The van der Waals surface area contributed by atoms with E-state index in [1.165, 1.54) is 122 Å². The Balaban J connectivity index is 1.35. The molecular formula is C35H62N+. The molecule has 0 heterocycles. The summed E-state index contributed by atoms with van der Waals surface area (Å²) in [6.45, 7) is 12.5. The van der Waals surface area contributed by atoms with Gasteiger partial charge in [-0.25, -0.2) is 0 Å². The van der Waals surface area contributed by atoms with E-state index in [0.29, 0.717) is 10.8 Å². The van der Waals surface area contributed by atoms with Crippen molar-refractivity contribution in [2.75, 3.05) is 20.6 Å². The summed E-state index contributed by atoms with van der Waals surface area (Å²) >= 11 is 0. The monoisotopic (exact) mass is 496 g/mol. The normalized spacial score (nSPS) is 25.1. The van der Waals surface area contributed by atoms with Crippen LogP contribution < -0.4 is 0 Å². The Hall–Kier alpha value is -0.820. The number of benzene rings is 1. The molecule has 0 aliphatic heterocycles. The minimum absolute atomic E-state index is 0.404. The van der Waals surface area contributed by atoms with Crippen LogP contribution in [0.3, 0.4) is 0 Å². The van der Waals surface area contributed by atoms with Gasteiger partial charge in [-0.05, 0) is 54.9 Å². The molecule has 1 nitrogen and oxygen atoms in total. The van der Waals surface area contributed by atoms with Crippen LogP contribution in [0.1, 0.15) is 148 Å². The van der Waals surface area contributed by atoms with Crippen LogP contribution in [0.2, 0.25) is 0 Å². The second-order valence-electron chi connectivity index (χ2n) is 14.1. The third kappa shape index (κ3) is 7.18. The fraction of sp³-hybridized carbons (Fsp3) is 0.829. The molecule has 3 aliphatic carbocycles. The molecule has 0 amide bonds. The maximum atomic E-state index is 2.57. The minimum atomic E-state index is 0.404. The quantitative estimate of drug-likeness (QED) is 0.140. The average molecular weight is 497 g/mol. The topological polar surface area (TPSA) is 0 Å². The summed E-state index contributed by atoms with van der Waals surface area (Å²) < 4.78 is 1.13. The number of fused-ring (bicyclic) bond motifs is 2. The first-order valence-electron chi connectivity index (χ1n) is 16.1. The fourth-order valence-corrected chi connectivity index (χ4v) is 8.23. The largest absolute Gasteiger partial charge is 0.325 e. The molecule has 3 unspecified atom stereocenters.